The molecule has 1 atom stereocenters. The summed E-state index contributed by atoms with van der Waals surface area (Å²) in [6, 6.07) is 4.91. The molecule has 1 N–H and O–H groups in total. The molecule has 0 aliphatic carbocycles. The van der Waals surface area contributed by atoms with Crippen LogP contribution in [0.4, 0.5) is 0 Å². The van der Waals surface area contributed by atoms with Gasteiger partial charge in [-0.1, -0.05) is 12.1 Å². The van der Waals surface area contributed by atoms with Gasteiger partial charge in [-0.25, -0.2) is 0 Å². The highest BCUT2D eigenvalue weighted by Gasteiger charge is 2.24. The molecule has 1 aliphatic rings. The minimum absolute atomic E-state index is 0.443. The first-order valence-electron chi connectivity index (χ1n) is 7.42. The molecule has 0 bridgehead atoms. The van der Waals surface area contributed by atoms with Crippen molar-refractivity contribution in [3.8, 4) is 11.1 Å². The van der Waals surface area contributed by atoms with E-state index in [2.05, 4.69) is 50.4 Å². The zero-order chi connectivity index (χ0) is 14.3. The van der Waals surface area contributed by atoms with Crippen LogP contribution >= 0.6 is 0 Å². The predicted molar refractivity (Wildman–Crippen MR) is 82.8 cm³/mol. The Morgan fingerprint density at radius 3 is 2.65 bits per heavy atom. The number of rotatable bonds is 2. The molecular formula is C17H23N3. The van der Waals surface area contributed by atoms with E-state index in [4.69, 9.17) is 0 Å². The fourth-order valence-electron chi connectivity index (χ4n) is 3.23. The van der Waals surface area contributed by atoms with E-state index < -0.39 is 0 Å². The zero-order valence-electron chi connectivity index (χ0n) is 12.8. The number of benzene rings is 1. The summed E-state index contributed by atoms with van der Waals surface area (Å²) in [5, 5.41) is 8.10. The molecular weight excluding hydrogens is 246 g/mol. The van der Waals surface area contributed by atoms with Gasteiger partial charge in [-0.15, -0.1) is 0 Å². The number of aryl methyl sites for hydroxylation is 2. The summed E-state index contributed by atoms with van der Waals surface area (Å²) >= 11 is 0. The van der Waals surface area contributed by atoms with Gasteiger partial charge in [0.2, 0.25) is 0 Å². The maximum Gasteiger partial charge on any atom is 0.0628 e. The molecule has 1 unspecified atom stereocenters. The lowest BCUT2D eigenvalue weighted by Gasteiger charge is -2.16. The average molecular weight is 269 g/mol. The Kier molecular flexibility index (Phi) is 3.38. The number of nitrogens with one attached hydrogen (secondary N) is 1. The third-order valence-electron chi connectivity index (χ3n) is 4.72. The molecule has 1 fully saturated rings. The lowest BCUT2D eigenvalue weighted by atomic mass is 9.93. The first kappa shape index (κ1) is 13.4. The Labute approximate surface area is 121 Å². The van der Waals surface area contributed by atoms with E-state index in [1.54, 1.807) is 0 Å². The smallest absolute Gasteiger partial charge is 0.0628 e. The van der Waals surface area contributed by atoms with Crippen molar-refractivity contribution < 1.29 is 0 Å². The van der Waals surface area contributed by atoms with Crippen molar-refractivity contribution in [1.29, 1.82) is 0 Å². The topological polar surface area (TPSA) is 29.9 Å². The standard InChI is InChI=1S/C17H23N3/c1-11-7-8-14(13(3)12(11)2)15-10-19-20(4)17(15)16-6-5-9-18-16/h7-8,10,16,18H,5-6,9H2,1-4H3. The van der Waals surface area contributed by atoms with Gasteiger partial charge in [0.05, 0.1) is 11.9 Å². The summed E-state index contributed by atoms with van der Waals surface area (Å²) in [5.74, 6) is 0. The summed E-state index contributed by atoms with van der Waals surface area (Å²) in [4.78, 5) is 0. The first-order chi connectivity index (χ1) is 9.59. The van der Waals surface area contributed by atoms with Crippen LogP contribution in [0.15, 0.2) is 18.3 Å². The minimum atomic E-state index is 0.443. The Balaban J connectivity index is 2.13. The highest BCUT2D eigenvalue weighted by atomic mass is 15.3. The van der Waals surface area contributed by atoms with Crippen molar-refractivity contribution in [3.63, 3.8) is 0 Å². The quantitative estimate of drug-likeness (QED) is 0.905. The van der Waals surface area contributed by atoms with E-state index in [0.717, 1.165) is 6.54 Å². The number of hydrogen-bond acceptors (Lipinski definition) is 2. The molecule has 3 rings (SSSR count). The summed E-state index contributed by atoms with van der Waals surface area (Å²) in [6.45, 7) is 7.71. The van der Waals surface area contributed by atoms with Gasteiger partial charge in [-0.2, -0.15) is 5.10 Å². The van der Waals surface area contributed by atoms with Gasteiger partial charge in [0.15, 0.2) is 0 Å². The molecule has 1 aliphatic heterocycles. The highest BCUT2D eigenvalue weighted by Crippen LogP contribution is 2.35. The van der Waals surface area contributed by atoms with Gasteiger partial charge in [0, 0.05) is 18.7 Å². The average Bonchev–Trinajstić information content (AvgIpc) is 3.05. The number of nitrogens with zero attached hydrogens (tertiary/aromatic N) is 2. The SMILES string of the molecule is Cc1ccc(-c2cnn(C)c2C2CCCN2)c(C)c1C. The van der Waals surface area contributed by atoms with E-state index in [0.29, 0.717) is 6.04 Å². The molecule has 2 aromatic rings. The molecule has 0 amide bonds. The van der Waals surface area contributed by atoms with Crippen molar-refractivity contribution in [2.75, 3.05) is 6.54 Å². The van der Waals surface area contributed by atoms with Gasteiger partial charge in [0.1, 0.15) is 0 Å². The van der Waals surface area contributed by atoms with E-state index >= 15 is 0 Å². The van der Waals surface area contributed by atoms with Crippen LogP contribution in [0.5, 0.6) is 0 Å². The lowest BCUT2D eigenvalue weighted by molar-refractivity contribution is 0.575. The molecule has 20 heavy (non-hydrogen) atoms. The molecule has 1 aromatic heterocycles. The second-order valence-corrected chi connectivity index (χ2v) is 5.90. The van der Waals surface area contributed by atoms with Gasteiger partial charge in [-0.05, 0) is 62.4 Å². The van der Waals surface area contributed by atoms with Gasteiger partial charge >= 0.3 is 0 Å². The van der Waals surface area contributed by atoms with Crippen molar-refractivity contribution in [1.82, 2.24) is 15.1 Å². The molecule has 106 valence electrons. The van der Waals surface area contributed by atoms with Crippen LogP contribution in [-0.2, 0) is 7.05 Å². The van der Waals surface area contributed by atoms with Crippen molar-refractivity contribution in [3.05, 3.63) is 40.7 Å². The van der Waals surface area contributed by atoms with Gasteiger partial charge in [-0.3, -0.25) is 4.68 Å². The van der Waals surface area contributed by atoms with Gasteiger partial charge in [0.25, 0.3) is 0 Å². The maximum absolute atomic E-state index is 4.51. The molecule has 1 saturated heterocycles. The fraction of sp³-hybridized carbons (Fsp3) is 0.471. The Hall–Kier alpha value is -1.61. The molecule has 0 spiro atoms. The second kappa shape index (κ2) is 5.06. The van der Waals surface area contributed by atoms with Crippen LogP contribution in [0, 0.1) is 20.8 Å². The lowest BCUT2D eigenvalue weighted by Crippen LogP contribution is -2.17. The Morgan fingerprint density at radius 1 is 1.15 bits per heavy atom. The Bertz CT molecular complexity index is 634. The zero-order valence-corrected chi connectivity index (χ0v) is 12.8. The van der Waals surface area contributed by atoms with Crippen LogP contribution < -0.4 is 5.32 Å². The third-order valence-corrected chi connectivity index (χ3v) is 4.72. The normalized spacial score (nSPS) is 18.7. The minimum Gasteiger partial charge on any atom is -0.309 e. The van der Waals surface area contributed by atoms with Crippen molar-refractivity contribution >= 4 is 0 Å². The molecule has 0 saturated carbocycles. The summed E-state index contributed by atoms with van der Waals surface area (Å²) in [7, 11) is 2.05. The second-order valence-electron chi connectivity index (χ2n) is 5.90. The van der Waals surface area contributed by atoms with E-state index in [9.17, 15) is 0 Å². The van der Waals surface area contributed by atoms with Crippen molar-refractivity contribution in [2.45, 2.75) is 39.7 Å². The summed E-state index contributed by atoms with van der Waals surface area (Å²) < 4.78 is 2.03. The van der Waals surface area contributed by atoms with Gasteiger partial charge < -0.3 is 5.32 Å². The van der Waals surface area contributed by atoms with Crippen LogP contribution in [0.3, 0.4) is 0 Å². The number of hydrogen-bond donors (Lipinski definition) is 1. The maximum atomic E-state index is 4.51. The molecule has 0 radical (unpaired) electrons. The van der Waals surface area contributed by atoms with E-state index in [1.807, 2.05) is 10.9 Å². The monoisotopic (exact) mass is 269 g/mol. The fourth-order valence-corrected chi connectivity index (χ4v) is 3.23. The third kappa shape index (κ3) is 2.06. The molecule has 1 aromatic carbocycles. The van der Waals surface area contributed by atoms with Crippen LogP contribution in [0.1, 0.15) is 41.3 Å². The largest absolute Gasteiger partial charge is 0.309 e. The first-order valence-corrected chi connectivity index (χ1v) is 7.42. The van der Waals surface area contributed by atoms with E-state index in [-0.39, 0.29) is 0 Å². The number of aromatic nitrogens is 2. The molecule has 2 heterocycles. The van der Waals surface area contributed by atoms with Crippen molar-refractivity contribution in [2.24, 2.45) is 7.05 Å². The van der Waals surface area contributed by atoms with Crippen LogP contribution in [0.2, 0.25) is 0 Å². The summed E-state index contributed by atoms with van der Waals surface area (Å²) in [6.07, 6.45) is 4.48. The van der Waals surface area contributed by atoms with Crippen LogP contribution in [0.25, 0.3) is 11.1 Å². The van der Waals surface area contributed by atoms with Crippen LogP contribution in [-0.4, -0.2) is 16.3 Å². The van der Waals surface area contributed by atoms with E-state index in [1.165, 1.54) is 46.4 Å². The molecule has 3 heteroatoms. The highest BCUT2D eigenvalue weighted by molar-refractivity contribution is 5.71. The summed E-state index contributed by atoms with van der Waals surface area (Å²) in [5.41, 5.74) is 8.05. The predicted octanol–water partition coefficient (Wildman–Crippen LogP) is 3.44. The Morgan fingerprint density at radius 2 is 1.95 bits per heavy atom. The molecule has 3 nitrogen and oxygen atoms in total.